The summed E-state index contributed by atoms with van der Waals surface area (Å²) >= 11 is 0. The first-order chi connectivity index (χ1) is 22.1. The van der Waals surface area contributed by atoms with Crippen molar-refractivity contribution in [3.8, 4) is 0 Å². The fourth-order valence-corrected chi connectivity index (χ4v) is 5.49. The lowest BCUT2D eigenvalue weighted by atomic mass is 9.95. The first kappa shape index (κ1) is 29.4. The van der Waals surface area contributed by atoms with Gasteiger partial charge in [0.1, 0.15) is 0 Å². The second-order valence-corrected chi connectivity index (χ2v) is 11.3. The van der Waals surface area contributed by atoms with Gasteiger partial charge < -0.3 is 4.90 Å². The minimum atomic E-state index is 1.12. The summed E-state index contributed by atoms with van der Waals surface area (Å²) in [6.45, 7) is 4.28. The molecule has 0 aliphatic rings. The van der Waals surface area contributed by atoms with Crippen molar-refractivity contribution >= 4 is 34.7 Å². The lowest BCUT2D eigenvalue weighted by Crippen LogP contribution is -2.09. The molecule has 0 heterocycles. The lowest BCUT2D eigenvalue weighted by Gasteiger charge is -2.22. The first-order valence-corrected chi connectivity index (χ1v) is 15.4. The van der Waals surface area contributed by atoms with Crippen LogP contribution in [0.25, 0.3) is 23.3 Å². The SMILES string of the molecule is CC(C)=CN(c1ccc(C=C(c2ccccc2)c2ccccc2)cc1)c1ccc(C=C(c2ccccc2)c2ccccc2)cc1. The summed E-state index contributed by atoms with van der Waals surface area (Å²) in [6, 6.07) is 60.0. The van der Waals surface area contributed by atoms with Crippen LogP contribution >= 0.6 is 0 Å². The quantitative estimate of drug-likeness (QED) is 0.154. The van der Waals surface area contributed by atoms with Crippen molar-refractivity contribution in [2.45, 2.75) is 13.8 Å². The van der Waals surface area contributed by atoms with E-state index < -0.39 is 0 Å². The molecule has 45 heavy (non-hydrogen) atoms. The summed E-state index contributed by atoms with van der Waals surface area (Å²) < 4.78 is 0. The lowest BCUT2D eigenvalue weighted by molar-refractivity contribution is 1.22. The average Bonchev–Trinajstić information content (AvgIpc) is 3.10. The number of rotatable bonds is 9. The van der Waals surface area contributed by atoms with Gasteiger partial charge >= 0.3 is 0 Å². The van der Waals surface area contributed by atoms with E-state index in [0.717, 1.165) is 22.5 Å². The van der Waals surface area contributed by atoms with Crippen LogP contribution < -0.4 is 4.90 Å². The van der Waals surface area contributed by atoms with Gasteiger partial charge in [-0.1, -0.05) is 151 Å². The maximum atomic E-state index is 2.28. The fraction of sp³-hybridized carbons (Fsp3) is 0.0455. The standard InChI is InChI=1S/C44H37N/c1-34(2)33-45(41-27-23-35(24-28-41)31-43(37-15-7-3-8-16-37)38-17-9-4-10-18-38)42-29-25-36(26-30-42)32-44(39-19-11-5-12-20-39)40-21-13-6-14-22-40/h3-33H,1-2H3. The van der Waals surface area contributed by atoms with Crippen molar-refractivity contribution in [1.82, 2.24) is 0 Å². The highest BCUT2D eigenvalue weighted by atomic mass is 15.1. The van der Waals surface area contributed by atoms with Crippen molar-refractivity contribution in [3.63, 3.8) is 0 Å². The molecule has 1 heteroatoms. The zero-order chi connectivity index (χ0) is 30.8. The second-order valence-electron chi connectivity index (χ2n) is 11.3. The molecule has 1 nitrogen and oxygen atoms in total. The Labute approximate surface area is 267 Å². The van der Waals surface area contributed by atoms with Crippen molar-refractivity contribution < 1.29 is 0 Å². The van der Waals surface area contributed by atoms with Crippen LogP contribution in [0.3, 0.4) is 0 Å². The molecule has 0 spiro atoms. The summed E-state index contributed by atoms with van der Waals surface area (Å²) in [6.07, 6.45) is 6.75. The van der Waals surface area contributed by atoms with Gasteiger partial charge in [0.15, 0.2) is 0 Å². The molecular formula is C44H37N. The summed E-state index contributed by atoms with van der Waals surface area (Å²) in [5.74, 6) is 0. The Morgan fingerprint density at radius 1 is 0.378 bits per heavy atom. The van der Waals surface area contributed by atoms with Crippen LogP contribution in [0.15, 0.2) is 182 Å². The molecule has 0 bridgehead atoms. The third-order valence-electron chi connectivity index (χ3n) is 7.69. The molecule has 0 atom stereocenters. The molecule has 0 fully saturated rings. The van der Waals surface area contributed by atoms with Crippen LogP contribution in [0, 0.1) is 0 Å². The van der Waals surface area contributed by atoms with E-state index in [1.165, 1.54) is 39.0 Å². The number of anilines is 2. The molecule has 0 aromatic heterocycles. The molecule has 218 valence electrons. The highest BCUT2D eigenvalue weighted by Gasteiger charge is 2.10. The number of hydrogen-bond acceptors (Lipinski definition) is 1. The predicted octanol–water partition coefficient (Wildman–Crippen LogP) is 11.9. The molecular weight excluding hydrogens is 542 g/mol. The average molecular weight is 580 g/mol. The zero-order valence-electron chi connectivity index (χ0n) is 25.8. The number of hydrogen-bond donors (Lipinski definition) is 0. The summed E-state index contributed by atoms with van der Waals surface area (Å²) in [4.78, 5) is 2.26. The largest absolute Gasteiger partial charge is 0.317 e. The maximum absolute atomic E-state index is 2.28. The van der Waals surface area contributed by atoms with Crippen LogP contribution in [-0.4, -0.2) is 0 Å². The monoisotopic (exact) mass is 579 g/mol. The number of allylic oxidation sites excluding steroid dienone is 1. The van der Waals surface area contributed by atoms with Gasteiger partial charge in [-0.3, -0.25) is 0 Å². The molecule has 0 saturated heterocycles. The van der Waals surface area contributed by atoms with E-state index in [2.05, 4.69) is 207 Å². The Hall–Kier alpha value is -5.66. The van der Waals surface area contributed by atoms with E-state index >= 15 is 0 Å². The molecule has 0 amide bonds. The van der Waals surface area contributed by atoms with Gasteiger partial charge in [0.05, 0.1) is 0 Å². The van der Waals surface area contributed by atoms with E-state index in [0.29, 0.717) is 0 Å². The third kappa shape index (κ3) is 7.47. The number of benzene rings is 6. The Kier molecular flexibility index (Phi) is 9.29. The van der Waals surface area contributed by atoms with Crippen molar-refractivity contribution in [3.05, 3.63) is 215 Å². The minimum absolute atomic E-state index is 1.12. The van der Waals surface area contributed by atoms with Gasteiger partial charge in [0, 0.05) is 17.6 Å². The third-order valence-corrected chi connectivity index (χ3v) is 7.69. The summed E-state index contributed by atoms with van der Waals surface area (Å²) in [5, 5.41) is 0. The maximum Gasteiger partial charge on any atom is 0.0455 e. The molecule has 0 aliphatic heterocycles. The Bertz CT molecular complexity index is 1680. The number of nitrogens with zero attached hydrogens (tertiary/aromatic N) is 1. The van der Waals surface area contributed by atoms with Crippen LogP contribution in [0.4, 0.5) is 11.4 Å². The first-order valence-electron chi connectivity index (χ1n) is 15.4. The zero-order valence-corrected chi connectivity index (χ0v) is 25.8. The van der Waals surface area contributed by atoms with Crippen molar-refractivity contribution in [2.24, 2.45) is 0 Å². The fourth-order valence-electron chi connectivity index (χ4n) is 5.49. The molecule has 0 N–H and O–H groups in total. The summed E-state index contributed by atoms with van der Waals surface area (Å²) in [7, 11) is 0. The summed E-state index contributed by atoms with van der Waals surface area (Å²) in [5.41, 5.74) is 13.0. The smallest absolute Gasteiger partial charge is 0.0455 e. The highest BCUT2D eigenvalue weighted by molar-refractivity contribution is 5.92. The van der Waals surface area contributed by atoms with E-state index in [9.17, 15) is 0 Å². The highest BCUT2D eigenvalue weighted by Crippen LogP contribution is 2.31. The van der Waals surface area contributed by atoms with E-state index in [1.54, 1.807) is 0 Å². The predicted molar refractivity (Wildman–Crippen MR) is 194 cm³/mol. The molecule has 0 aliphatic carbocycles. The topological polar surface area (TPSA) is 3.24 Å². The molecule has 6 aromatic carbocycles. The van der Waals surface area contributed by atoms with Gasteiger partial charge in [0.2, 0.25) is 0 Å². The van der Waals surface area contributed by atoms with E-state index in [1.807, 2.05) is 0 Å². The van der Waals surface area contributed by atoms with Gasteiger partial charge in [-0.2, -0.15) is 0 Å². The van der Waals surface area contributed by atoms with Crippen LogP contribution in [0.2, 0.25) is 0 Å². The molecule has 6 rings (SSSR count). The van der Waals surface area contributed by atoms with Crippen LogP contribution in [0.5, 0.6) is 0 Å². The van der Waals surface area contributed by atoms with E-state index in [-0.39, 0.29) is 0 Å². The van der Waals surface area contributed by atoms with Gasteiger partial charge in [-0.15, -0.1) is 0 Å². The minimum Gasteiger partial charge on any atom is -0.317 e. The van der Waals surface area contributed by atoms with Crippen LogP contribution in [0.1, 0.15) is 47.2 Å². The molecule has 6 aromatic rings. The second kappa shape index (κ2) is 14.2. The van der Waals surface area contributed by atoms with Gasteiger partial charge in [0.25, 0.3) is 0 Å². The molecule has 0 unspecified atom stereocenters. The Morgan fingerprint density at radius 3 is 0.933 bits per heavy atom. The van der Waals surface area contributed by atoms with Gasteiger partial charge in [-0.05, 0) is 94.8 Å². The molecule has 0 saturated carbocycles. The van der Waals surface area contributed by atoms with E-state index in [4.69, 9.17) is 0 Å². The Balaban J connectivity index is 1.31. The van der Waals surface area contributed by atoms with Crippen molar-refractivity contribution in [1.29, 1.82) is 0 Å². The van der Waals surface area contributed by atoms with Gasteiger partial charge in [-0.25, -0.2) is 0 Å². The normalized spacial score (nSPS) is 10.4. The van der Waals surface area contributed by atoms with Crippen molar-refractivity contribution in [2.75, 3.05) is 4.90 Å². The Morgan fingerprint density at radius 2 is 0.667 bits per heavy atom. The van der Waals surface area contributed by atoms with Crippen LogP contribution in [-0.2, 0) is 0 Å². The molecule has 0 radical (unpaired) electrons.